The van der Waals surface area contributed by atoms with E-state index in [-0.39, 0.29) is 23.9 Å². The molecule has 1 aliphatic heterocycles. The van der Waals surface area contributed by atoms with Gasteiger partial charge in [-0.25, -0.2) is 0 Å². The molecule has 4 rings (SSSR count). The maximum atomic E-state index is 13.3. The average Bonchev–Trinajstić information content (AvgIpc) is 2.75. The molecule has 2 atom stereocenters. The monoisotopic (exact) mass is 398 g/mol. The van der Waals surface area contributed by atoms with Crippen LogP contribution in [0.1, 0.15) is 37.4 Å². The Hall–Kier alpha value is -3.40. The zero-order valence-electron chi connectivity index (χ0n) is 17.4. The lowest BCUT2D eigenvalue weighted by Crippen LogP contribution is -2.48. The van der Waals surface area contributed by atoms with Crippen LogP contribution in [0.5, 0.6) is 0 Å². The Kier molecular flexibility index (Phi) is 5.66. The third-order valence-corrected chi connectivity index (χ3v) is 5.71. The van der Waals surface area contributed by atoms with Crippen LogP contribution in [0.15, 0.2) is 84.9 Å². The number of carbonyl (C=O) groups is 2. The minimum atomic E-state index is -0.114. The van der Waals surface area contributed by atoms with Crippen LogP contribution in [0.4, 0.5) is 11.4 Å². The van der Waals surface area contributed by atoms with E-state index in [1.165, 1.54) is 0 Å². The second-order valence-electron chi connectivity index (χ2n) is 7.81. The lowest BCUT2D eigenvalue weighted by Gasteiger charge is -2.43. The maximum absolute atomic E-state index is 13.3. The second kappa shape index (κ2) is 8.54. The van der Waals surface area contributed by atoms with Gasteiger partial charge in [-0.1, -0.05) is 66.7 Å². The molecule has 4 nitrogen and oxygen atoms in total. The van der Waals surface area contributed by atoms with Gasteiger partial charge in [0.1, 0.15) is 0 Å². The largest absolute Gasteiger partial charge is 0.309 e. The molecule has 1 aliphatic rings. The van der Waals surface area contributed by atoms with Crippen LogP contribution in [-0.2, 0) is 16.0 Å². The summed E-state index contributed by atoms with van der Waals surface area (Å²) in [5.74, 6) is 0.0750. The number of benzene rings is 3. The van der Waals surface area contributed by atoms with Gasteiger partial charge in [-0.15, -0.1) is 0 Å². The van der Waals surface area contributed by atoms with Crippen LogP contribution in [0, 0.1) is 0 Å². The van der Waals surface area contributed by atoms with E-state index < -0.39 is 0 Å². The SMILES string of the molecule is CC(=O)N(c1ccccc1)[C@H]1C[C@@H](C)N(C(=O)Cc2ccccc2)c2ccccc21. The number of fused-ring (bicyclic) bond motifs is 1. The summed E-state index contributed by atoms with van der Waals surface area (Å²) < 4.78 is 0. The molecule has 0 N–H and O–H groups in total. The summed E-state index contributed by atoms with van der Waals surface area (Å²) >= 11 is 0. The fourth-order valence-corrected chi connectivity index (χ4v) is 4.43. The highest BCUT2D eigenvalue weighted by atomic mass is 16.2. The minimum Gasteiger partial charge on any atom is -0.309 e. The molecule has 3 aromatic rings. The summed E-state index contributed by atoms with van der Waals surface area (Å²) in [7, 11) is 0. The summed E-state index contributed by atoms with van der Waals surface area (Å²) in [4.78, 5) is 29.7. The molecular weight excluding hydrogens is 372 g/mol. The fourth-order valence-electron chi connectivity index (χ4n) is 4.43. The lowest BCUT2D eigenvalue weighted by molar-refractivity contribution is -0.118. The van der Waals surface area contributed by atoms with Gasteiger partial charge in [0.2, 0.25) is 11.8 Å². The summed E-state index contributed by atoms with van der Waals surface area (Å²) in [5.41, 5.74) is 3.78. The summed E-state index contributed by atoms with van der Waals surface area (Å²) in [6.07, 6.45) is 1.05. The van der Waals surface area contributed by atoms with Gasteiger partial charge in [-0.2, -0.15) is 0 Å². The van der Waals surface area contributed by atoms with E-state index in [0.717, 1.165) is 22.5 Å². The van der Waals surface area contributed by atoms with Gasteiger partial charge < -0.3 is 9.80 Å². The van der Waals surface area contributed by atoms with Gasteiger partial charge in [-0.3, -0.25) is 9.59 Å². The van der Waals surface area contributed by atoms with E-state index >= 15 is 0 Å². The van der Waals surface area contributed by atoms with Crippen molar-refractivity contribution in [2.45, 2.75) is 38.8 Å². The third-order valence-electron chi connectivity index (χ3n) is 5.71. The minimum absolute atomic E-state index is 0.00253. The molecule has 0 saturated heterocycles. The van der Waals surface area contributed by atoms with Crippen molar-refractivity contribution in [2.75, 3.05) is 9.80 Å². The molecule has 1 heterocycles. The number of amides is 2. The molecule has 2 amide bonds. The molecule has 0 fully saturated rings. The van der Waals surface area contributed by atoms with Crippen molar-refractivity contribution in [3.05, 3.63) is 96.1 Å². The van der Waals surface area contributed by atoms with Crippen LogP contribution < -0.4 is 9.80 Å². The number of hydrogen-bond acceptors (Lipinski definition) is 2. The maximum Gasteiger partial charge on any atom is 0.231 e. The first-order valence-corrected chi connectivity index (χ1v) is 10.4. The number of hydrogen-bond donors (Lipinski definition) is 0. The second-order valence-corrected chi connectivity index (χ2v) is 7.81. The molecule has 0 radical (unpaired) electrons. The van der Waals surface area contributed by atoms with Crippen LogP contribution in [0.2, 0.25) is 0 Å². The lowest BCUT2D eigenvalue weighted by atomic mass is 9.89. The molecular formula is C26H26N2O2. The molecule has 0 aromatic heterocycles. The van der Waals surface area contributed by atoms with Gasteiger partial charge in [-0.05, 0) is 42.7 Å². The topological polar surface area (TPSA) is 40.6 Å². The smallest absolute Gasteiger partial charge is 0.231 e. The Labute approximate surface area is 177 Å². The van der Waals surface area contributed by atoms with Crippen molar-refractivity contribution < 1.29 is 9.59 Å². The highest BCUT2D eigenvalue weighted by Gasteiger charge is 2.37. The van der Waals surface area contributed by atoms with E-state index in [0.29, 0.717) is 12.8 Å². The molecule has 0 aliphatic carbocycles. The van der Waals surface area contributed by atoms with E-state index in [9.17, 15) is 9.59 Å². The normalized spacial score (nSPS) is 17.9. The van der Waals surface area contributed by atoms with Gasteiger partial charge >= 0.3 is 0 Å². The van der Waals surface area contributed by atoms with Crippen molar-refractivity contribution in [3.8, 4) is 0 Å². The van der Waals surface area contributed by atoms with Crippen molar-refractivity contribution in [1.82, 2.24) is 0 Å². The molecule has 30 heavy (non-hydrogen) atoms. The molecule has 0 spiro atoms. The van der Waals surface area contributed by atoms with E-state index in [4.69, 9.17) is 0 Å². The van der Waals surface area contributed by atoms with Crippen LogP contribution in [0.3, 0.4) is 0 Å². The number of carbonyl (C=O) groups excluding carboxylic acids is 2. The predicted octanol–water partition coefficient (Wildman–Crippen LogP) is 5.15. The Bertz CT molecular complexity index is 1030. The summed E-state index contributed by atoms with van der Waals surface area (Å²) in [5, 5.41) is 0. The highest BCUT2D eigenvalue weighted by molar-refractivity contribution is 5.98. The Morgan fingerprint density at radius 1 is 0.900 bits per heavy atom. The Morgan fingerprint density at radius 3 is 2.17 bits per heavy atom. The van der Waals surface area contributed by atoms with E-state index in [1.54, 1.807) is 6.92 Å². The average molecular weight is 399 g/mol. The summed E-state index contributed by atoms with van der Waals surface area (Å²) in [6, 6.07) is 27.4. The number of anilines is 2. The van der Waals surface area contributed by atoms with Crippen molar-refractivity contribution in [1.29, 1.82) is 0 Å². The molecule has 0 bridgehead atoms. The molecule has 0 unspecified atom stereocenters. The van der Waals surface area contributed by atoms with Gasteiger partial charge in [0.05, 0.1) is 12.5 Å². The zero-order chi connectivity index (χ0) is 21.1. The first kappa shape index (κ1) is 19.9. The number of nitrogens with zero attached hydrogens (tertiary/aromatic N) is 2. The Morgan fingerprint density at radius 2 is 1.50 bits per heavy atom. The number of rotatable bonds is 4. The first-order chi connectivity index (χ1) is 14.6. The van der Waals surface area contributed by atoms with Crippen molar-refractivity contribution in [2.24, 2.45) is 0 Å². The molecule has 4 heteroatoms. The standard InChI is InChI=1S/C26H26N2O2/c1-19-17-25(28(20(2)29)22-13-7-4-8-14-22)23-15-9-10-16-24(23)27(19)26(30)18-21-11-5-3-6-12-21/h3-16,19,25H,17-18H2,1-2H3/t19-,25+/m1/s1. The fraction of sp³-hybridized carbons (Fsp3) is 0.231. The van der Waals surface area contributed by atoms with Crippen molar-refractivity contribution in [3.63, 3.8) is 0 Å². The summed E-state index contributed by atoms with van der Waals surface area (Å²) in [6.45, 7) is 3.67. The number of para-hydroxylation sites is 2. The van der Waals surface area contributed by atoms with Crippen LogP contribution in [-0.4, -0.2) is 17.9 Å². The van der Waals surface area contributed by atoms with E-state index in [1.807, 2.05) is 94.7 Å². The quantitative estimate of drug-likeness (QED) is 0.610. The van der Waals surface area contributed by atoms with Crippen LogP contribution >= 0.6 is 0 Å². The predicted molar refractivity (Wildman–Crippen MR) is 120 cm³/mol. The van der Waals surface area contributed by atoms with Crippen LogP contribution in [0.25, 0.3) is 0 Å². The van der Waals surface area contributed by atoms with Gasteiger partial charge in [0.15, 0.2) is 0 Å². The molecule has 0 saturated carbocycles. The van der Waals surface area contributed by atoms with Gasteiger partial charge in [0, 0.05) is 24.3 Å². The Balaban J connectivity index is 1.71. The van der Waals surface area contributed by atoms with Crippen molar-refractivity contribution >= 4 is 23.2 Å². The van der Waals surface area contributed by atoms with Gasteiger partial charge in [0.25, 0.3) is 0 Å². The first-order valence-electron chi connectivity index (χ1n) is 10.4. The zero-order valence-corrected chi connectivity index (χ0v) is 17.4. The molecule has 152 valence electrons. The third kappa shape index (κ3) is 3.86. The highest BCUT2D eigenvalue weighted by Crippen LogP contribution is 2.42. The van der Waals surface area contributed by atoms with E-state index in [2.05, 4.69) is 6.92 Å². The molecule has 3 aromatic carbocycles.